The lowest BCUT2D eigenvalue weighted by Gasteiger charge is -2.37. The van der Waals surface area contributed by atoms with E-state index in [1.54, 1.807) is 5.92 Å². The van der Waals surface area contributed by atoms with E-state index in [0.29, 0.717) is 10.8 Å². The molecule has 0 N–H and O–H groups in total. The summed E-state index contributed by atoms with van der Waals surface area (Å²) in [7, 11) is 0. The van der Waals surface area contributed by atoms with Crippen LogP contribution in [0.2, 0.25) is 0 Å². The van der Waals surface area contributed by atoms with Crippen LogP contribution in [0.5, 0.6) is 0 Å². The molecule has 2 rings (SSSR count). The van der Waals surface area contributed by atoms with E-state index in [4.69, 9.17) is 0 Å². The van der Waals surface area contributed by atoms with Crippen LogP contribution in [-0.2, 0) is 0 Å². The molecule has 2 saturated carbocycles. The molecule has 0 heteroatoms. The molecule has 2 aliphatic carbocycles. The van der Waals surface area contributed by atoms with E-state index in [1.165, 1.54) is 19.3 Å². The van der Waals surface area contributed by atoms with Crippen molar-refractivity contribution >= 4 is 0 Å². The van der Waals surface area contributed by atoms with Gasteiger partial charge in [0.15, 0.2) is 0 Å². The van der Waals surface area contributed by atoms with E-state index < -0.39 is 0 Å². The molecule has 63 valence electrons. The standard InChI is InChI=1S/C11H19/c1-8-7-9-5-6-11(8,4)10(9,2)3/h9H,5-7H2,1-4H3. The zero-order valence-corrected chi connectivity index (χ0v) is 8.20. The maximum atomic E-state index is 2.47. The molecule has 2 bridgehead atoms. The summed E-state index contributed by atoms with van der Waals surface area (Å²) in [5.74, 6) is 2.76. The van der Waals surface area contributed by atoms with E-state index in [2.05, 4.69) is 27.7 Å². The third-order valence-electron chi connectivity index (χ3n) is 4.93. The van der Waals surface area contributed by atoms with Gasteiger partial charge in [0.1, 0.15) is 0 Å². The fourth-order valence-corrected chi connectivity index (χ4v) is 3.31. The van der Waals surface area contributed by atoms with Gasteiger partial charge in [0.25, 0.3) is 0 Å². The minimum absolute atomic E-state index is 0.581. The summed E-state index contributed by atoms with van der Waals surface area (Å²) in [5.41, 5.74) is 1.18. The Morgan fingerprint density at radius 2 is 1.91 bits per heavy atom. The Labute approximate surface area is 70.4 Å². The number of hydrogen-bond donors (Lipinski definition) is 0. The van der Waals surface area contributed by atoms with Gasteiger partial charge in [-0.25, -0.2) is 0 Å². The van der Waals surface area contributed by atoms with Crippen molar-refractivity contribution in [2.75, 3.05) is 0 Å². The Balaban J connectivity index is 2.40. The Morgan fingerprint density at radius 1 is 1.27 bits per heavy atom. The molecule has 1 radical (unpaired) electrons. The molecular formula is C11H19. The van der Waals surface area contributed by atoms with Gasteiger partial charge in [-0.1, -0.05) is 27.7 Å². The van der Waals surface area contributed by atoms with Gasteiger partial charge in [0.2, 0.25) is 0 Å². The molecular weight excluding hydrogens is 132 g/mol. The quantitative estimate of drug-likeness (QED) is 0.497. The first-order valence-electron chi connectivity index (χ1n) is 4.81. The normalized spacial score (nSPS) is 48.5. The van der Waals surface area contributed by atoms with Crippen molar-refractivity contribution in [2.24, 2.45) is 16.7 Å². The van der Waals surface area contributed by atoms with Gasteiger partial charge < -0.3 is 0 Å². The summed E-state index contributed by atoms with van der Waals surface area (Å²) in [5, 5.41) is 0. The molecule has 2 fully saturated rings. The van der Waals surface area contributed by atoms with Crippen LogP contribution < -0.4 is 0 Å². The molecule has 2 unspecified atom stereocenters. The lowest BCUT2D eigenvalue weighted by Crippen LogP contribution is -2.29. The molecule has 0 aromatic heterocycles. The average Bonchev–Trinajstić information content (AvgIpc) is 2.20. The molecule has 0 heterocycles. The second-order valence-corrected chi connectivity index (χ2v) is 5.27. The third kappa shape index (κ3) is 0.666. The van der Waals surface area contributed by atoms with E-state index >= 15 is 0 Å². The summed E-state index contributed by atoms with van der Waals surface area (Å²) in [6.45, 7) is 9.75. The minimum Gasteiger partial charge on any atom is -0.0591 e. The monoisotopic (exact) mass is 151 g/mol. The zero-order valence-electron chi connectivity index (χ0n) is 8.20. The predicted octanol–water partition coefficient (Wildman–Crippen LogP) is 3.43. The van der Waals surface area contributed by atoms with Gasteiger partial charge in [0, 0.05) is 0 Å². The first kappa shape index (κ1) is 7.64. The van der Waals surface area contributed by atoms with Crippen LogP contribution in [0.15, 0.2) is 0 Å². The SMILES string of the molecule is C[C]1CC2CCC1(C)C2(C)C. The van der Waals surface area contributed by atoms with Crippen LogP contribution in [0.1, 0.15) is 47.0 Å². The smallest absolute Gasteiger partial charge is 0.0205 e. The highest BCUT2D eigenvalue weighted by atomic mass is 14.6. The summed E-state index contributed by atoms with van der Waals surface area (Å²) in [6.07, 6.45) is 4.32. The van der Waals surface area contributed by atoms with Crippen LogP contribution >= 0.6 is 0 Å². The Hall–Kier alpha value is 0. The van der Waals surface area contributed by atoms with Crippen molar-refractivity contribution in [1.29, 1.82) is 0 Å². The van der Waals surface area contributed by atoms with Crippen LogP contribution in [0.25, 0.3) is 0 Å². The molecule has 0 aromatic rings. The van der Waals surface area contributed by atoms with E-state index in [0.717, 1.165) is 5.92 Å². The number of hydrogen-bond acceptors (Lipinski definition) is 0. The highest BCUT2D eigenvalue weighted by Gasteiger charge is 2.59. The van der Waals surface area contributed by atoms with Crippen molar-refractivity contribution in [3.63, 3.8) is 0 Å². The molecule has 0 nitrogen and oxygen atoms in total. The van der Waals surface area contributed by atoms with Crippen molar-refractivity contribution in [3.05, 3.63) is 5.92 Å². The predicted molar refractivity (Wildman–Crippen MR) is 48.1 cm³/mol. The van der Waals surface area contributed by atoms with Gasteiger partial charge >= 0.3 is 0 Å². The minimum atomic E-state index is 0.581. The Bertz CT molecular complexity index is 180. The van der Waals surface area contributed by atoms with E-state index in [9.17, 15) is 0 Å². The van der Waals surface area contributed by atoms with Crippen LogP contribution in [0.3, 0.4) is 0 Å². The van der Waals surface area contributed by atoms with Gasteiger partial charge in [-0.3, -0.25) is 0 Å². The lowest BCUT2D eigenvalue weighted by atomic mass is 9.67. The maximum absolute atomic E-state index is 2.47. The molecule has 11 heavy (non-hydrogen) atoms. The second-order valence-electron chi connectivity index (χ2n) is 5.27. The first-order valence-corrected chi connectivity index (χ1v) is 4.81. The molecule has 0 aliphatic heterocycles. The van der Waals surface area contributed by atoms with Crippen molar-refractivity contribution < 1.29 is 0 Å². The third-order valence-corrected chi connectivity index (χ3v) is 4.93. The zero-order chi connectivity index (χ0) is 8.28. The van der Waals surface area contributed by atoms with Crippen molar-refractivity contribution in [1.82, 2.24) is 0 Å². The molecule has 2 atom stereocenters. The molecule has 2 aliphatic rings. The topological polar surface area (TPSA) is 0 Å². The number of fused-ring (bicyclic) bond motifs is 2. The lowest BCUT2D eigenvalue weighted by molar-refractivity contribution is 0.166. The highest BCUT2D eigenvalue weighted by molar-refractivity contribution is 5.21. The van der Waals surface area contributed by atoms with Crippen LogP contribution in [-0.4, -0.2) is 0 Å². The maximum Gasteiger partial charge on any atom is -0.0205 e. The highest BCUT2D eigenvalue weighted by Crippen LogP contribution is 2.68. The molecule has 0 saturated heterocycles. The fraction of sp³-hybridized carbons (Fsp3) is 0.909. The second kappa shape index (κ2) is 1.84. The molecule has 0 amide bonds. The summed E-state index contributed by atoms with van der Waals surface area (Å²) in [4.78, 5) is 0. The van der Waals surface area contributed by atoms with Gasteiger partial charge in [-0.05, 0) is 41.9 Å². The van der Waals surface area contributed by atoms with E-state index in [-0.39, 0.29) is 0 Å². The van der Waals surface area contributed by atoms with Gasteiger partial charge in [0.05, 0.1) is 0 Å². The summed E-state index contributed by atoms with van der Waals surface area (Å²) in [6, 6.07) is 0. The summed E-state index contributed by atoms with van der Waals surface area (Å²) < 4.78 is 0. The van der Waals surface area contributed by atoms with Crippen LogP contribution in [0.4, 0.5) is 0 Å². The van der Waals surface area contributed by atoms with Crippen molar-refractivity contribution in [2.45, 2.75) is 47.0 Å². The summed E-state index contributed by atoms with van der Waals surface area (Å²) >= 11 is 0. The molecule has 0 aromatic carbocycles. The number of rotatable bonds is 0. The van der Waals surface area contributed by atoms with Crippen LogP contribution in [0, 0.1) is 22.7 Å². The first-order chi connectivity index (χ1) is 4.98. The Morgan fingerprint density at radius 3 is 2.09 bits per heavy atom. The molecule has 0 spiro atoms. The van der Waals surface area contributed by atoms with Gasteiger partial charge in [-0.2, -0.15) is 0 Å². The average molecular weight is 151 g/mol. The Kier molecular flexibility index (Phi) is 1.28. The largest absolute Gasteiger partial charge is 0.0591 e. The van der Waals surface area contributed by atoms with E-state index in [1.807, 2.05) is 0 Å². The fourth-order valence-electron chi connectivity index (χ4n) is 3.31. The van der Waals surface area contributed by atoms with Gasteiger partial charge in [-0.15, -0.1) is 0 Å². The van der Waals surface area contributed by atoms with Crippen molar-refractivity contribution in [3.8, 4) is 0 Å².